The third kappa shape index (κ3) is 3.33. The molecule has 3 aromatic rings. The monoisotopic (exact) mass is 397 g/mol. The molecule has 0 fully saturated rings. The van der Waals surface area contributed by atoms with Crippen LogP contribution in [0.3, 0.4) is 0 Å². The fourth-order valence-electron chi connectivity index (χ4n) is 2.94. The Morgan fingerprint density at radius 1 is 1.08 bits per heavy atom. The molecule has 0 aliphatic carbocycles. The second-order valence-corrected chi connectivity index (χ2v) is 6.76. The molecule has 5 heteroatoms. The van der Waals surface area contributed by atoms with Crippen LogP contribution in [-0.4, -0.2) is 12.5 Å². The Hall–Kier alpha value is -2.53. The number of ether oxygens (including phenoxy) is 1. The summed E-state index contributed by atoms with van der Waals surface area (Å²) in [4.78, 5) is 14.5. The summed E-state index contributed by atoms with van der Waals surface area (Å²) in [5.74, 6) is 1.60. The minimum absolute atomic E-state index is 0.111. The fraction of sp³-hybridized carbons (Fsp3) is 0.150. The van der Waals surface area contributed by atoms with Crippen LogP contribution in [0.1, 0.15) is 21.9 Å². The summed E-state index contributed by atoms with van der Waals surface area (Å²) in [6.07, 6.45) is 0.877. The van der Waals surface area contributed by atoms with Gasteiger partial charge in [-0.2, -0.15) is 0 Å². The molecular weight excluding hydrogens is 382 g/mol. The van der Waals surface area contributed by atoms with E-state index >= 15 is 0 Å². The van der Waals surface area contributed by atoms with Gasteiger partial charge in [0.2, 0.25) is 0 Å². The van der Waals surface area contributed by atoms with Crippen LogP contribution < -0.4 is 9.64 Å². The molecule has 0 saturated heterocycles. The topological polar surface area (TPSA) is 42.7 Å². The fourth-order valence-corrected chi connectivity index (χ4v) is 3.20. The third-order valence-electron chi connectivity index (χ3n) is 4.20. The molecule has 0 spiro atoms. The van der Waals surface area contributed by atoms with Gasteiger partial charge in [0, 0.05) is 16.7 Å². The van der Waals surface area contributed by atoms with E-state index in [1.165, 1.54) is 5.56 Å². The molecule has 0 unspecified atom stereocenters. The normalized spacial score (nSPS) is 12.9. The van der Waals surface area contributed by atoms with Crippen molar-refractivity contribution in [2.24, 2.45) is 0 Å². The highest BCUT2D eigenvalue weighted by Crippen LogP contribution is 2.29. The van der Waals surface area contributed by atoms with E-state index in [1.54, 1.807) is 17.0 Å². The SMILES string of the molecule is O=C(c1ccc(COc2ccc(Br)cc2)o1)N1CCc2ccccc21. The summed E-state index contributed by atoms with van der Waals surface area (Å²) in [5, 5.41) is 0. The lowest BCUT2D eigenvalue weighted by Gasteiger charge is -2.15. The highest BCUT2D eigenvalue weighted by atomic mass is 79.9. The summed E-state index contributed by atoms with van der Waals surface area (Å²) < 4.78 is 12.4. The number of para-hydroxylation sites is 1. The highest BCUT2D eigenvalue weighted by molar-refractivity contribution is 9.10. The summed E-state index contributed by atoms with van der Waals surface area (Å²) in [5.41, 5.74) is 2.16. The summed E-state index contributed by atoms with van der Waals surface area (Å²) in [6.45, 7) is 0.967. The Kier molecular flexibility index (Phi) is 4.32. The molecule has 1 amide bonds. The first-order valence-corrected chi connectivity index (χ1v) is 8.87. The first-order valence-electron chi connectivity index (χ1n) is 8.07. The van der Waals surface area contributed by atoms with E-state index in [1.807, 2.05) is 42.5 Å². The predicted molar refractivity (Wildman–Crippen MR) is 99.0 cm³/mol. The van der Waals surface area contributed by atoms with Crippen molar-refractivity contribution < 1.29 is 13.9 Å². The number of amides is 1. The van der Waals surface area contributed by atoms with Gasteiger partial charge in [0.15, 0.2) is 5.76 Å². The zero-order valence-electron chi connectivity index (χ0n) is 13.4. The molecule has 2 aromatic carbocycles. The van der Waals surface area contributed by atoms with Gasteiger partial charge in [0.25, 0.3) is 5.91 Å². The molecule has 1 aliphatic rings. The van der Waals surface area contributed by atoms with Crippen molar-refractivity contribution in [3.8, 4) is 5.75 Å². The second-order valence-electron chi connectivity index (χ2n) is 5.84. The third-order valence-corrected chi connectivity index (χ3v) is 4.73. The second kappa shape index (κ2) is 6.76. The molecule has 0 saturated carbocycles. The molecule has 126 valence electrons. The Morgan fingerprint density at radius 2 is 1.88 bits per heavy atom. The van der Waals surface area contributed by atoms with Crippen LogP contribution in [0.4, 0.5) is 5.69 Å². The van der Waals surface area contributed by atoms with Crippen molar-refractivity contribution in [3.63, 3.8) is 0 Å². The lowest BCUT2D eigenvalue weighted by molar-refractivity contribution is 0.0958. The van der Waals surface area contributed by atoms with Crippen LogP contribution in [0.2, 0.25) is 0 Å². The van der Waals surface area contributed by atoms with Crippen molar-refractivity contribution in [1.29, 1.82) is 0 Å². The minimum Gasteiger partial charge on any atom is -0.486 e. The minimum atomic E-state index is -0.111. The predicted octanol–water partition coefficient (Wildman–Crippen LogP) is 4.82. The Morgan fingerprint density at radius 3 is 2.72 bits per heavy atom. The van der Waals surface area contributed by atoms with Crippen LogP contribution >= 0.6 is 15.9 Å². The Balaban J connectivity index is 1.44. The number of nitrogens with zero attached hydrogens (tertiary/aromatic N) is 1. The van der Waals surface area contributed by atoms with Crippen molar-refractivity contribution in [2.75, 3.05) is 11.4 Å². The quantitative estimate of drug-likeness (QED) is 0.633. The van der Waals surface area contributed by atoms with Crippen LogP contribution in [0, 0.1) is 0 Å². The van der Waals surface area contributed by atoms with Gasteiger partial charge in [-0.15, -0.1) is 0 Å². The first-order chi connectivity index (χ1) is 12.2. The van der Waals surface area contributed by atoms with Crippen molar-refractivity contribution in [3.05, 3.63) is 82.2 Å². The maximum absolute atomic E-state index is 12.7. The van der Waals surface area contributed by atoms with Gasteiger partial charge in [-0.1, -0.05) is 34.1 Å². The van der Waals surface area contributed by atoms with E-state index < -0.39 is 0 Å². The van der Waals surface area contributed by atoms with E-state index in [2.05, 4.69) is 22.0 Å². The molecular formula is C20H16BrNO3. The standard InChI is InChI=1S/C20H16BrNO3/c21-15-5-7-16(8-6-15)24-13-17-9-10-19(25-17)20(23)22-12-11-14-3-1-2-4-18(14)22/h1-10H,11-13H2. The number of rotatable bonds is 4. The number of carbonyl (C=O) groups excluding carboxylic acids is 1. The molecule has 4 nitrogen and oxygen atoms in total. The molecule has 1 aromatic heterocycles. The number of carbonyl (C=O) groups is 1. The van der Waals surface area contributed by atoms with Crippen molar-refractivity contribution in [1.82, 2.24) is 0 Å². The van der Waals surface area contributed by atoms with Gasteiger partial charge < -0.3 is 14.1 Å². The molecule has 0 radical (unpaired) electrons. The average Bonchev–Trinajstić information content (AvgIpc) is 3.28. The maximum Gasteiger partial charge on any atom is 0.293 e. The number of benzene rings is 2. The van der Waals surface area contributed by atoms with Gasteiger partial charge in [-0.25, -0.2) is 0 Å². The Bertz CT molecular complexity index is 901. The van der Waals surface area contributed by atoms with Gasteiger partial charge in [-0.05, 0) is 54.4 Å². The number of halogens is 1. The van der Waals surface area contributed by atoms with Crippen LogP contribution in [0.15, 0.2) is 69.6 Å². The van der Waals surface area contributed by atoms with E-state index in [9.17, 15) is 4.79 Å². The van der Waals surface area contributed by atoms with Crippen molar-refractivity contribution in [2.45, 2.75) is 13.0 Å². The van der Waals surface area contributed by atoms with Crippen LogP contribution in [0.5, 0.6) is 5.75 Å². The number of hydrogen-bond donors (Lipinski definition) is 0. The van der Waals surface area contributed by atoms with E-state index in [-0.39, 0.29) is 12.5 Å². The largest absolute Gasteiger partial charge is 0.486 e. The van der Waals surface area contributed by atoms with E-state index in [0.717, 1.165) is 22.3 Å². The van der Waals surface area contributed by atoms with Gasteiger partial charge in [0.1, 0.15) is 18.1 Å². The zero-order chi connectivity index (χ0) is 17.2. The van der Waals surface area contributed by atoms with E-state index in [4.69, 9.17) is 9.15 Å². The molecule has 25 heavy (non-hydrogen) atoms. The number of hydrogen-bond acceptors (Lipinski definition) is 3. The molecule has 4 rings (SSSR count). The van der Waals surface area contributed by atoms with Crippen LogP contribution in [-0.2, 0) is 13.0 Å². The first kappa shape index (κ1) is 16.0. The van der Waals surface area contributed by atoms with Crippen LogP contribution in [0.25, 0.3) is 0 Å². The Labute approximate surface area is 154 Å². The molecule has 0 atom stereocenters. The summed E-state index contributed by atoms with van der Waals surface area (Å²) >= 11 is 3.39. The number of furan rings is 1. The summed E-state index contributed by atoms with van der Waals surface area (Å²) in [7, 11) is 0. The van der Waals surface area contributed by atoms with E-state index in [0.29, 0.717) is 18.1 Å². The van der Waals surface area contributed by atoms with Gasteiger partial charge in [-0.3, -0.25) is 4.79 Å². The zero-order valence-corrected chi connectivity index (χ0v) is 15.0. The lowest BCUT2D eigenvalue weighted by Crippen LogP contribution is -2.28. The maximum atomic E-state index is 12.7. The summed E-state index contributed by atoms with van der Waals surface area (Å²) in [6, 6.07) is 19.1. The molecule has 2 heterocycles. The molecule has 0 N–H and O–H groups in total. The molecule has 1 aliphatic heterocycles. The smallest absolute Gasteiger partial charge is 0.293 e. The number of anilines is 1. The molecule has 0 bridgehead atoms. The highest BCUT2D eigenvalue weighted by Gasteiger charge is 2.27. The van der Waals surface area contributed by atoms with Gasteiger partial charge in [0.05, 0.1) is 0 Å². The number of fused-ring (bicyclic) bond motifs is 1. The average molecular weight is 398 g/mol. The lowest BCUT2D eigenvalue weighted by atomic mass is 10.2. The van der Waals surface area contributed by atoms with Crippen molar-refractivity contribution >= 4 is 27.5 Å². The van der Waals surface area contributed by atoms with Gasteiger partial charge >= 0.3 is 0 Å².